The van der Waals surface area contributed by atoms with Gasteiger partial charge in [-0.05, 0) is 18.2 Å². The molecule has 9 heteroatoms. The highest BCUT2D eigenvalue weighted by atomic mass is 32.1. The van der Waals surface area contributed by atoms with Crippen LogP contribution in [0.2, 0.25) is 0 Å². The van der Waals surface area contributed by atoms with Crippen LogP contribution in [0.1, 0.15) is 5.01 Å². The zero-order valence-corrected chi connectivity index (χ0v) is 19.2. The summed E-state index contributed by atoms with van der Waals surface area (Å²) in [5.74, 6) is 2.75. The molecule has 166 valence electrons. The molecule has 3 rings (SSSR count). The van der Waals surface area contributed by atoms with Crippen molar-refractivity contribution in [3.63, 3.8) is 0 Å². The predicted octanol–water partition coefficient (Wildman–Crippen LogP) is 4.83. The largest absolute Gasteiger partial charge is 0.493 e. The molecule has 0 radical (unpaired) electrons. The molecule has 3 aromatic rings. The van der Waals surface area contributed by atoms with Gasteiger partial charge in [0.15, 0.2) is 23.0 Å². The number of methoxy groups -OCH3 is 5. The smallest absolute Gasteiger partial charge is 0.203 e. The van der Waals surface area contributed by atoms with E-state index in [1.165, 1.54) is 11.3 Å². The standard InChI is InChI=1S/C23H23N3O5S/c1-27-18-7-6-14(8-19(18)28-2)17-13-32-23(26-17)15(11-24)12-25-16-9-20(29-3)22(31-5)21(10-16)30-4/h6-10,12-13,25H,1-5H3. The molecule has 32 heavy (non-hydrogen) atoms. The summed E-state index contributed by atoms with van der Waals surface area (Å²) in [5.41, 5.74) is 2.65. The van der Waals surface area contributed by atoms with Crippen molar-refractivity contribution >= 4 is 22.6 Å². The Morgan fingerprint density at radius 3 is 2.12 bits per heavy atom. The van der Waals surface area contributed by atoms with Crippen LogP contribution in [0.25, 0.3) is 16.8 Å². The number of allylic oxidation sites excluding steroid dienone is 1. The van der Waals surface area contributed by atoms with Gasteiger partial charge in [0.1, 0.15) is 16.6 Å². The second kappa shape index (κ2) is 10.4. The summed E-state index contributed by atoms with van der Waals surface area (Å²) in [5, 5.41) is 15.3. The van der Waals surface area contributed by atoms with Gasteiger partial charge in [0, 0.05) is 35.0 Å². The van der Waals surface area contributed by atoms with E-state index >= 15 is 0 Å². The molecular weight excluding hydrogens is 430 g/mol. The van der Waals surface area contributed by atoms with E-state index in [0.29, 0.717) is 45.0 Å². The Morgan fingerprint density at radius 1 is 0.906 bits per heavy atom. The summed E-state index contributed by atoms with van der Waals surface area (Å²) in [6, 6.07) is 11.3. The second-order valence-electron chi connectivity index (χ2n) is 6.34. The molecule has 1 N–H and O–H groups in total. The van der Waals surface area contributed by atoms with Crippen molar-refractivity contribution in [3.8, 4) is 46.1 Å². The fraction of sp³-hybridized carbons (Fsp3) is 0.217. The van der Waals surface area contributed by atoms with Gasteiger partial charge >= 0.3 is 0 Å². The Hall–Kier alpha value is -3.90. The van der Waals surface area contributed by atoms with Gasteiger partial charge < -0.3 is 29.0 Å². The number of aromatic nitrogens is 1. The van der Waals surface area contributed by atoms with E-state index in [1.807, 2.05) is 23.6 Å². The lowest BCUT2D eigenvalue weighted by atomic mass is 10.1. The third-order valence-corrected chi connectivity index (χ3v) is 5.46. The van der Waals surface area contributed by atoms with Gasteiger partial charge in [-0.3, -0.25) is 0 Å². The molecular formula is C23H23N3O5S. The highest BCUT2D eigenvalue weighted by Crippen LogP contribution is 2.40. The number of thiazole rings is 1. The maximum Gasteiger partial charge on any atom is 0.203 e. The van der Waals surface area contributed by atoms with Gasteiger partial charge in [-0.1, -0.05) is 0 Å². The third kappa shape index (κ3) is 4.71. The Morgan fingerprint density at radius 2 is 1.56 bits per heavy atom. The van der Waals surface area contributed by atoms with Crippen LogP contribution in [-0.2, 0) is 0 Å². The second-order valence-corrected chi connectivity index (χ2v) is 7.19. The minimum atomic E-state index is 0.385. The van der Waals surface area contributed by atoms with E-state index in [4.69, 9.17) is 23.7 Å². The van der Waals surface area contributed by atoms with Crippen molar-refractivity contribution < 1.29 is 23.7 Å². The molecule has 0 bridgehead atoms. The molecule has 1 heterocycles. The number of nitrogens with one attached hydrogen (secondary N) is 1. The fourth-order valence-electron chi connectivity index (χ4n) is 2.99. The van der Waals surface area contributed by atoms with Crippen LogP contribution in [0.3, 0.4) is 0 Å². The molecule has 0 fully saturated rings. The quantitative estimate of drug-likeness (QED) is 0.461. The average molecular weight is 454 g/mol. The highest BCUT2D eigenvalue weighted by Gasteiger charge is 2.14. The maximum absolute atomic E-state index is 9.67. The zero-order valence-electron chi connectivity index (χ0n) is 18.4. The number of hydrogen-bond acceptors (Lipinski definition) is 9. The summed E-state index contributed by atoms with van der Waals surface area (Å²) in [6.07, 6.45) is 1.60. The van der Waals surface area contributed by atoms with E-state index in [1.54, 1.807) is 53.9 Å². The molecule has 0 aliphatic heterocycles. The van der Waals surface area contributed by atoms with Crippen LogP contribution in [0.4, 0.5) is 5.69 Å². The lowest BCUT2D eigenvalue weighted by Crippen LogP contribution is -1.98. The van der Waals surface area contributed by atoms with Crippen LogP contribution < -0.4 is 29.0 Å². The molecule has 0 amide bonds. The molecule has 0 spiro atoms. The van der Waals surface area contributed by atoms with Gasteiger partial charge in [0.2, 0.25) is 5.75 Å². The monoisotopic (exact) mass is 453 g/mol. The fourth-order valence-corrected chi connectivity index (χ4v) is 3.78. The van der Waals surface area contributed by atoms with Crippen molar-refractivity contribution in [3.05, 3.63) is 46.9 Å². The van der Waals surface area contributed by atoms with E-state index in [9.17, 15) is 5.26 Å². The molecule has 0 aliphatic carbocycles. The van der Waals surface area contributed by atoms with Gasteiger partial charge in [-0.15, -0.1) is 11.3 Å². The van der Waals surface area contributed by atoms with E-state index in [0.717, 1.165) is 11.3 Å². The van der Waals surface area contributed by atoms with Crippen LogP contribution in [0.5, 0.6) is 28.7 Å². The van der Waals surface area contributed by atoms with Gasteiger partial charge in [0.05, 0.1) is 41.2 Å². The first-order chi connectivity index (χ1) is 15.6. The Balaban J connectivity index is 1.88. The van der Waals surface area contributed by atoms with E-state index in [2.05, 4.69) is 16.4 Å². The molecule has 0 aliphatic rings. The minimum absolute atomic E-state index is 0.385. The van der Waals surface area contributed by atoms with Crippen LogP contribution >= 0.6 is 11.3 Å². The number of hydrogen-bond donors (Lipinski definition) is 1. The van der Waals surface area contributed by atoms with Gasteiger partial charge in [-0.2, -0.15) is 5.26 Å². The maximum atomic E-state index is 9.67. The SMILES string of the molecule is COc1ccc(-c2csc(C(C#N)=CNc3cc(OC)c(OC)c(OC)c3)n2)cc1OC. The molecule has 0 saturated carbocycles. The minimum Gasteiger partial charge on any atom is -0.493 e. The number of benzene rings is 2. The van der Waals surface area contributed by atoms with Crippen molar-refractivity contribution in [1.82, 2.24) is 4.98 Å². The van der Waals surface area contributed by atoms with Gasteiger partial charge in [-0.25, -0.2) is 4.98 Å². The van der Waals surface area contributed by atoms with Crippen molar-refractivity contribution in [2.24, 2.45) is 0 Å². The summed E-state index contributed by atoms with van der Waals surface area (Å²) in [6.45, 7) is 0. The van der Waals surface area contributed by atoms with Gasteiger partial charge in [0.25, 0.3) is 0 Å². The molecule has 0 unspecified atom stereocenters. The number of nitrogens with zero attached hydrogens (tertiary/aromatic N) is 2. The molecule has 0 atom stereocenters. The van der Waals surface area contributed by atoms with E-state index in [-0.39, 0.29) is 0 Å². The van der Waals surface area contributed by atoms with Crippen LogP contribution in [0.15, 0.2) is 41.9 Å². The molecule has 1 aromatic heterocycles. The topological polar surface area (TPSA) is 94.9 Å². The Kier molecular flexibility index (Phi) is 7.41. The Labute approximate surface area is 190 Å². The van der Waals surface area contributed by atoms with Crippen molar-refractivity contribution in [2.75, 3.05) is 40.9 Å². The summed E-state index contributed by atoms with van der Waals surface area (Å²) in [4.78, 5) is 4.61. The van der Waals surface area contributed by atoms with E-state index < -0.39 is 0 Å². The molecule has 8 nitrogen and oxygen atoms in total. The van der Waals surface area contributed by atoms with Crippen molar-refractivity contribution in [2.45, 2.75) is 0 Å². The third-order valence-electron chi connectivity index (χ3n) is 4.58. The summed E-state index contributed by atoms with van der Waals surface area (Å²) < 4.78 is 26.7. The first-order valence-corrected chi connectivity index (χ1v) is 10.3. The number of ether oxygens (including phenoxy) is 5. The average Bonchev–Trinajstić information content (AvgIpc) is 3.33. The number of nitriles is 1. The molecule has 2 aromatic carbocycles. The highest BCUT2D eigenvalue weighted by molar-refractivity contribution is 7.11. The van der Waals surface area contributed by atoms with Crippen molar-refractivity contribution in [1.29, 1.82) is 5.26 Å². The summed E-state index contributed by atoms with van der Waals surface area (Å²) in [7, 11) is 7.80. The lowest BCUT2D eigenvalue weighted by Gasteiger charge is -2.14. The normalized spacial score (nSPS) is 10.8. The van der Waals surface area contributed by atoms with Crippen LogP contribution in [0, 0.1) is 11.3 Å². The number of rotatable bonds is 9. The number of anilines is 1. The Bertz CT molecular complexity index is 1140. The first kappa shape index (κ1) is 22.8. The first-order valence-electron chi connectivity index (χ1n) is 9.43. The molecule has 0 saturated heterocycles. The lowest BCUT2D eigenvalue weighted by molar-refractivity contribution is 0.324. The van der Waals surface area contributed by atoms with Crippen LogP contribution in [-0.4, -0.2) is 40.5 Å². The zero-order chi connectivity index (χ0) is 23.1. The predicted molar refractivity (Wildman–Crippen MR) is 124 cm³/mol. The summed E-state index contributed by atoms with van der Waals surface area (Å²) >= 11 is 1.37.